The summed E-state index contributed by atoms with van der Waals surface area (Å²) in [5.74, 6) is 0.785. The SMILES string of the molecule is Cl.O=C(CNCC1CC1)Nc1ccc(-c2cn3ccsc3n2)cc1. The first-order chi connectivity index (χ1) is 11.3. The number of hydrogen-bond acceptors (Lipinski definition) is 4. The fourth-order valence-corrected chi connectivity index (χ4v) is 3.21. The van der Waals surface area contributed by atoms with Gasteiger partial charge in [-0.05, 0) is 37.4 Å². The van der Waals surface area contributed by atoms with Gasteiger partial charge in [0.05, 0.1) is 12.2 Å². The van der Waals surface area contributed by atoms with Crippen LogP contribution in [0.1, 0.15) is 12.8 Å². The van der Waals surface area contributed by atoms with Gasteiger partial charge in [0.1, 0.15) is 0 Å². The van der Waals surface area contributed by atoms with Gasteiger partial charge in [0, 0.05) is 29.0 Å². The van der Waals surface area contributed by atoms with Gasteiger partial charge in [-0.2, -0.15) is 0 Å². The summed E-state index contributed by atoms with van der Waals surface area (Å²) in [6.45, 7) is 1.32. The molecule has 4 rings (SSSR count). The van der Waals surface area contributed by atoms with E-state index >= 15 is 0 Å². The molecule has 0 atom stereocenters. The summed E-state index contributed by atoms with van der Waals surface area (Å²) < 4.78 is 2.02. The van der Waals surface area contributed by atoms with E-state index in [0.29, 0.717) is 6.54 Å². The monoisotopic (exact) mass is 362 g/mol. The largest absolute Gasteiger partial charge is 0.325 e. The summed E-state index contributed by atoms with van der Waals surface area (Å²) in [5.41, 5.74) is 2.81. The second-order valence-electron chi connectivity index (χ2n) is 5.92. The first-order valence-electron chi connectivity index (χ1n) is 7.81. The molecule has 2 N–H and O–H groups in total. The molecule has 0 unspecified atom stereocenters. The lowest BCUT2D eigenvalue weighted by Gasteiger charge is -2.07. The van der Waals surface area contributed by atoms with Crippen LogP contribution in [0.5, 0.6) is 0 Å². The number of nitrogens with one attached hydrogen (secondary N) is 2. The molecule has 0 spiro atoms. The van der Waals surface area contributed by atoms with Crippen LogP contribution in [-0.4, -0.2) is 28.4 Å². The summed E-state index contributed by atoms with van der Waals surface area (Å²) in [7, 11) is 0. The van der Waals surface area contributed by atoms with Crippen LogP contribution < -0.4 is 10.6 Å². The van der Waals surface area contributed by atoms with Gasteiger partial charge >= 0.3 is 0 Å². The zero-order valence-electron chi connectivity index (χ0n) is 13.1. The number of thiazole rings is 1. The van der Waals surface area contributed by atoms with E-state index in [1.54, 1.807) is 11.3 Å². The third-order valence-electron chi connectivity index (χ3n) is 3.97. The minimum Gasteiger partial charge on any atom is -0.325 e. The molecule has 2 heterocycles. The number of imidazole rings is 1. The predicted molar refractivity (Wildman–Crippen MR) is 100.0 cm³/mol. The number of hydrogen-bond donors (Lipinski definition) is 2. The highest BCUT2D eigenvalue weighted by atomic mass is 35.5. The Morgan fingerprint density at radius 2 is 2.08 bits per heavy atom. The lowest BCUT2D eigenvalue weighted by atomic mass is 10.1. The standard InChI is InChI=1S/C17H18N4OS.ClH/c22-16(10-18-9-12-1-2-12)19-14-5-3-13(4-6-14)15-11-21-7-8-23-17(21)20-15;/h3-8,11-12,18H,1-2,9-10H2,(H,19,22);1H. The second-order valence-corrected chi connectivity index (χ2v) is 6.79. The third-order valence-corrected chi connectivity index (χ3v) is 4.74. The van der Waals surface area contributed by atoms with Crippen molar-refractivity contribution in [1.29, 1.82) is 0 Å². The quantitative estimate of drug-likeness (QED) is 0.706. The number of carbonyl (C=O) groups is 1. The van der Waals surface area contributed by atoms with Crippen molar-refractivity contribution in [2.24, 2.45) is 5.92 Å². The molecule has 0 saturated heterocycles. The molecule has 1 amide bonds. The number of amides is 1. The number of anilines is 1. The van der Waals surface area contributed by atoms with E-state index in [0.717, 1.165) is 34.4 Å². The van der Waals surface area contributed by atoms with Crippen LogP contribution in [0.4, 0.5) is 5.69 Å². The van der Waals surface area contributed by atoms with E-state index < -0.39 is 0 Å². The Bertz CT molecular complexity index is 794. The zero-order valence-corrected chi connectivity index (χ0v) is 14.7. The zero-order chi connectivity index (χ0) is 15.6. The second kappa shape index (κ2) is 7.34. The molecule has 5 nitrogen and oxygen atoms in total. The van der Waals surface area contributed by atoms with Gasteiger partial charge in [0.2, 0.25) is 5.91 Å². The molecule has 3 aromatic rings. The molecule has 1 fully saturated rings. The minimum atomic E-state index is 0. The predicted octanol–water partition coefficient (Wildman–Crippen LogP) is 3.42. The van der Waals surface area contributed by atoms with E-state index in [9.17, 15) is 4.79 Å². The fourth-order valence-electron chi connectivity index (χ4n) is 2.51. The Hall–Kier alpha value is -1.89. The molecule has 7 heteroatoms. The molecular formula is C17H19ClN4OS. The molecule has 1 aliphatic rings. The fraction of sp³-hybridized carbons (Fsp3) is 0.294. The first kappa shape index (κ1) is 17.0. The summed E-state index contributed by atoms with van der Waals surface area (Å²) in [6.07, 6.45) is 6.60. The van der Waals surface area contributed by atoms with Crippen LogP contribution in [0.2, 0.25) is 0 Å². The van der Waals surface area contributed by atoms with Crippen molar-refractivity contribution >= 4 is 40.3 Å². The Morgan fingerprint density at radius 3 is 2.79 bits per heavy atom. The molecule has 0 bridgehead atoms. The summed E-state index contributed by atoms with van der Waals surface area (Å²) in [4.78, 5) is 17.4. The van der Waals surface area contributed by atoms with E-state index in [1.807, 2.05) is 46.4 Å². The van der Waals surface area contributed by atoms with Crippen molar-refractivity contribution < 1.29 is 4.79 Å². The molecular weight excluding hydrogens is 344 g/mol. The van der Waals surface area contributed by atoms with E-state index in [2.05, 4.69) is 15.6 Å². The number of aromatic nitrogens is 2. The Kier molecular flexibility index (Phi) is 5.18. The third kappa shape index (κ3) is 3.95. The average molecular weight is 363 g/mol. The lowest BCUT2D eigenvalue weighted by Crippen LogP contribution is -2.29. The number of benzene rings is 1. The Labute approximate surface area is 150 Å². The molecule has 1 aliphatic carbocycles. The Balaban J connectivity index is 0.00000169. The minimum absolute atomic E-state index is 0. The highest BCUT2D eigenvalue weighted by molar-refractivity contribution is 7.15. The van der Waals surface area contributed by atoms with Gasteiger partial charge < -0.3 is 10.6 Å². The van der Waals surface area contributed by atoms with Crippen molar-refractivity contribution in [1.82, 2.24) is 14.7 Å². The van der Waals surface area contributed by atoms with Gasteiger partial charge in [-0.3, -0.25) is 9.20 Å². The summed E-state index contributed by atoms with van der Waals surface area (Å²) in [6, 6.07) is 7.81. The van der Waals surface area contributed by atoms with Crippen LogP contribution in [0, 0.1) is 5.92 Å². The first-order valence-corrected chi connectivity index (χ1v) is 8.69. The maximum Gasteiger partial charge on any atom is 0.238 e. The Morgan fingerprint density at radius 1 is 1.29 bits per heavy atom. The molecule has 0 aliphatic heterocycles. The molecule has 2 aromatic heterocycles. The molecule has 24 heavy (non-hydrogen) atoms. The van der Waals surface area contributed by atoms with Gasteiger partial charge in [-0.15, -0.1) is 23.7 Å². The van der Waals surface area contributed by atoms with E-state index in [4.69, 9.17) is 0 Å². The van der Waals surface area contributed by atoms with Crippen molar-refractivity contribution in [3.8, 4) is 11.3 Å². The van der Waals surface area contributed by atoms with Crippen LogP contribution >= 0.6 is 23.7 Å². The normalized spacial score (nSPS) is 13.7. The number of carbonyl (C=O) groups excluding carboxylic acids is 1. The van der Waals surface area contributed by atoms with Crippen molar-refractivity contribution in [3.63, 3.8) is 0 Å². The number of nitrogens with zero attached hydrogens (tertiary/aromatic N) is 2. The average Bonchev–Trinajstić information content (AvgIpc) is 3.11. The molecule has 126 valence electrons. The van der Waals surface area contributed by atoms with Crippen molar-refractivity contribution in [2.45, 2.75) is 12.8 Å². The van der Waals surface area contributed by atoms with Crippen LogP contribution in [0.25, 0.3) is 16.2 Å². The maximum atomic E-state index is 11.9. The number of halogens is 1. The highest BCUT2D eigenvalue weighted by Gasteiger charge is 2.20. The number of rotatable bonds is 6. The number of fused-ring (bicyclic) bond motifs is 1. The van der Waals surface area contributed by atoms with Crippen LogP contribution in [0.15, 0.2) is 42.0 Å². The van der Waals surface area contributed by atoms with Crippen molar-refractivity contribution in [3.05, 3.63) is 42.0 Å². The molecule has 1 aromatic carbocycles. The topological polar surface area (TPSA) is 58.4 Å². The van der Waals surface area contributed by atoms with Crippen molar-refractivity contribution in [2.75, 3.05) is 18.4 Å². The van der Waals surface area contributed by atoms with E-state index in [-0.39, 0.29) is 18.3 Å². The lowest BCUT2D eigenvalue weighted by molar-refractivity contribution is -0.115. The molecule has 0 radical (unpaired) electrons. The summed E-state index contributed by atoms with van der Waals surface area (Å²) in [5, 5.41) is 8.12. The summed E-state index contributed by atoms with van der Waals surface area (Å²) >= 11 is 1.62. The maximum absolute atomic E-state index is 11.9. The van der Waals surface area contributed by atoms with Crippen LogP contribution in [0.3, 0.4) is 0 Å². The van der Waals surface area contributed by atoms with Gasteiger partial charge in [-0.25, -0.2) is 4.98 Å². The van der Waals surface area contributed by atoms with E-state index in [1.165, 1.54) is 12.8 Å². The smallest absolute Gasteiger partial charge is 0.238 e. The van der Waals surface area contributed by atoms with Crippen LogP contribution in [-0.2, 0) is 4.79 Å². The van der Waals surface area contributed by atoms with Gasteiger partial charge in [-0.1, -0.05) is 12.1 Å². The molecule has 1 saturated carbocycles. The van der Waals surface area contributed by atoms with Gasteiger partial charge in [0.15, 0.2) is 4.96 Å². The highest BCUT2D eigenvalue weighted by Crippen LogP contribution is 2.27. The van der Waals surface area contributed by atoms with Gasteiger partial charge in [0.25, 0.3) is 0 Å².